The molecular weight excluding hydrogens is 300 g/mol. The highest BCUT2D eigenvalue weighted by Crippen LogP contribution is 2.19. The topological polar surface area (TPSA) is 34.1 Å². The van der Waals surface area contributed by atoms with Gasteiger partial charge in [-0.1, -0.05) is 18.5 Å². The van der Waals surface area contributed by atoms with Gasteiger partial charge in [-0.15, -0.1) is 11.3 Å². The second-order valence-corrected chi connectivity index (χ2v) is 7.04. The third-order valence-electron chi connectivity index (χ3n) is 2.62. The van der Waals surface area contributed by atoms with Gasteiger partial charge in [-0.05, 0) is 42.8 Å². The second kappa shape index (κ2) is 6.46. The summed E-state index contributed by atoms with van der Waals surface area (Å²) >= 11 is 7.25. The summed E-state index contributed by atoms with van der Waals surface area (Å²) in [6.07, 6.45) is 0.915. The predicted octanol–water partition coefficient (Wildman–Crippen LogP) is 3.95. The van der Waals surface area contributed by atoms with E-state index in [1.165, 1.54) is 16.2 Å². The average molecular weight is 313 g/mol. The molecule has 0 aliphatic heterocycles. The molecule has 0 spiro atoms. The Hall–Kier alpha value is -0.970. The lowest BCUT2D eigenvalue weighted by molar-refractivity contribution is 0.102. The molecule has 1 unspecified atom stereocenters. The molecule has 1 aromatic carbocycles. The van der Waals surface area contributed by atoms with E-state index in [1.807, 2.05) is 19.1 Å². The van der Waals surface area contributed by atoms with Gasteiger partial charge in [-0.3, -0.25) is 9.00 Å². The van der Waals surface area contributed by atoms with Crippen LogP contribution in [0.1, 0.15) is 21.5 Å². The summed E-state index contributed by atoms with van der Waals surface area (Å²) in [5.74, 6) is -0.0522. The van der Waals surface area contributed by atoms with Crippen LogP contribution in [0.4, 0.5) is 0 Å². The molecule has 2 rings (SSSR count). The number of rotatable bonds is 5. The standard InChI is InChI=1S/C14H13ClO2S2/c1-2-11-5-8-14(18-11)13(16)9-19(17)12-6-3-10(15)4-7-12/h3-8H,2,9H2,1H3. The fourth-order valence-corrected chi connectivity index (χ4v) is 3.68. The molecule has 19 heavy (non-hydrogen) atoms. The van der Waals surface area contributed by atoms with E-state index < -0.39 is 10.8 Å². The SMILES string of the molecule is CCc1ccc(C(=O)CS(=O)c2ccc(Cl)cc2)s1. The van der Waals surface area contributed by atoms with Gasteiger partial charge in [0.25, 0.3) is 0 Å². The Morgan fingerprint density at radius 1 is 1.21 bits per heavy atom. The third-order valence-corrected chi connectivity index (χ3v) is 5.47. The molecule has 1 heterocycles. The first kappa shape index (κ1) is 14.4. The van der Waals surface area contributed by atoms with Crippen LogP contribution in [0.5, 0.6) is 0 Å². The highest BCUT2D eigenvalue weighted by molar-refractivity contribution is 7.85. The number of carbonyl (C=O) groups excluding carboxylic acids is 1. The molecule has 5 heteroatoms. The normalized spacial score (nSPS) is 12.3. The van der Waals surface area contributed by atoms with Crippen molar-refractivity contribution in [3.63, 3.8) is 0 Å². The summed E-state index contributed by atoms with van der Waals surface area (Å²) in [7, 11) is -1.32. The number of hydrogen-bond acceptors (Lipinski definition) is 3. The maximum absolute atomic E-state index is 12.1. The lowest BCUT2D eigenvalue weighted by Gasteiger charge is -2.01. The number of carbonyl (C=O) groups is 1. The van der Waals surface area contributed by atoms with Crippen molar-refractivity contribution in [2.75, 3.05) is 5.75 Å². The van der Waals surface area contributed by atoms with Gasteiger partial charge in [0, 0.05) is 14.8 Å². The van der Waals surface area contributed by atoms with Crippen molar-refractivity contribution in [1.82, 2.24) is 0 Å². The van der Waals surface area contributed by atoms with Gasteiger partial charge < -0.3 is 0 Å². The van der Waals surface area contributed by atoms with E-state index in [9.17, 15) is 9.00 Å². The first-order chi connectivity index (χ1) is 9.10. The summed E-state index contributed by atoms with van der Waals surface area (Å²) in [4.78, 5) is 14.5. The Bertz CT molecular complexity index is 602. The zero-order chi connectivity index (χ0) is 13.8. The minimum atomic E-state index is -1.32. The van der Waals surface area contributed by atoms with E-state index in [2.05, 4.69) is 0 Å². The Kier molecular flexibility index (Phi) is 4.91. The molecule has 2 nitrogen and oxygen atoms in total. The fourth-order valence-electron chi connectivity index (χ4n) is 1.58. The van der Waals surface area contributed by atoms with E-state index in [4.69, 9.17) is 11.6 Å². The third kappa shape index (κ3) is 3.75. The van der Waals surface area contributed by atoms with Crippen LogP contribution in [-0.4, -0.2) is 15.7 Å². The van der Waals surface area contributed by atoms with Gasteiger partial charge in [0.05, 0.1) is 21.4 Å². The average Bonchev–Trinajstić information content (AvgIpc) is 2.88. The van der Waals surface area contributed by atoms with E-state index >= 15 is 0 Å². The quantitative estimate of drug-likeness (QED) is 0.783. The van der Waals surface area contributed by atoms with Crippen molar-refractivity contribution in [3.05, 3.63) is 51.2 Å². The van der Waals surface area contributed by atoms with Crippen LogP contribution in [-0.2, 0) is 17.2 Å². The lowest BCUT2D eigenvalue weighted by Crippen LogP contribution is -2.09. The number of ketones is 1. The Morgan fingerprint density at radius 2 is 1.89 bits per heavy atom. The van der Waals surface area contributed by atoms with Gasteiger partial charge in [0.1, 0.15) is 0 Å². The molecule has 0 aliphatic rings. The molecule has 2 aromatic rings. The predicted molar refractivity (Wildman–Crippen MR) is 80.8 cm³/mol. The molecule has 0 bridgehead atoms. The van der Waals surface area contributed by atoms with Gasteiger partial charge in [0.2, 0.25) is 0 Å². The summed E-state index contributed by atoms with van der Waals surface area (Å²) in [6.45, 7) is 2.05. The van der Waals surface area contributed by atoms with Crippen LogP contribution in [0.2, 0.25) is 5.02 Å². The highest BCUT2D eigenvalue weighted by atomic mass is 35.5. The number of halogens is 1. The number of thiophene rings is 1. The molecule has 0 saturated heterocycles. The van der Waals surface area contributed by atoms with Crippen LogP contribution < -0.4 is 0 Å². The van der Waals surface area contributed by atoms with Crippen molar-refractivity contribution in [2.24, 2.45) is 0 Å². The van der Waals surface area contributed by atoms with E-state index in [0.717, 1.165) is 6.42 Å². The van der Waals surface area contributed by atoms with E-state index in [-0.39, 0.29) is 11.5 Å². The number of Topliss-reactive ketones (excluding diaryl/α,β-unsaturated/α-hetero) is 1. The van der Waals surface area contributed by atoms with Gasteiger partial charge in [-0.2, -0.15) is 0 Å². The highest BCUT2D eigenvalue weighted by Gasteiger charge is 2.14. The molecule has 100 valence electrons. The van der Waals surface area contributed by atoms with Crippen molar-refractivity contribution in [1.29, 1.82) is 0 Å². The van der Waals surface area contributed by atoms with Crippen LogP contribution in [0.15, 0.2) is 41.3 Å². The van der Waals surface area contributed by atoms with Crippen molar-refractivity contribution in [2.45, 2.75) is 18.2 Å². The molecular formula is C14H13ClO2S2. The minimum absolute atomic E-state index is 0.0191. The summed E-state index contributed by atoms with van der Waals surface area (Å²) in [5.41, 5.74) is 0. The van der Waals surface area contributed by atoms with Gasteiger partial charge in [-0.25, -0.2) is 0 Å². The summed E-state index contributed by atoms with van der Waals surface area (Å²) < 4.78 is 12.1. The zero-order valence-corrected chi connectivity index (χ0v) is 12.8. The molecule has 0 N–H and O–H groups in total. The Balaban J connectivity index is 2.06. The van der Waals surface area contributed by atoms with Gasteiger partial charge in [0.15, 0.2) is 5.78 Å². The molecule has 0 aliphatic carbocycles. The molecule has 0 radical (unpaired) electrons. The number of aryl methyl sites for hydroxylation is 1. The van der Waals surface area contributed by atoms with E-state index in [1.54, 1.807) is 24.3 Å². The van der Waals surface area contributed by atoms with Crippen molar-refractivity contribution >= 4 is 39.5 Å². The zero-order valence-electron chi connectivity index (χ0n) is 10.4. The Labute approximate surface area is 123 Å². The monoisotopic (exact) mass is 312 g/mol. The van der Waals surface area contributed by atoms with Crippen LogP contribution in [0.3, 0.4) is 0 Å². The summed E-state index contributed by atoms with van der Waals surface area (Å²) in [5, 5.41) is 0.595. The lowest BCUT2D eigenvalue weighted by atomic mass is 10.3. The maximum Gasteiger partial charge on any atom is 0.185 e. The first-order valence-electron chi connectivity index (χ1n) is 5.86. The molecule has 1 atom stereocenters. The smallest absolute Gasteiger partial charge is 0.185 e. The second-order valence-electron chi connectivity index (χ2n) is 3.99. The van der Waals surface area contributed by atoms with Crippen LogP contribution in [0, 0.1) is 0 Å². The minimum Gasteiger partial charge on any atom is -0.292 e. The van der Waals surface area contributed by atoms with Crippen molar-refractivity contribution in [3.8, 4) is 0 Å². The molecule has 0 fully saturated rings. The number of hydrogen-bond donors (Lipinski definition) is 0. The van der Waals surface area contributed by atoms with Crippen LogP contribution in [0.25, 0.3) is 0 Å². The van der Waals surface area contributed by atoms with Gasteiger partial charge >= 0.3 is 0 Å². The molecule has 0 amide bonds. The summed E-state index contributed by atoms with van der Waals surface area (Å²) in [6, 6.07) is 10.5. The van der Waals surface area contributed by atoms with Crippen molar-refractivity contribution < 1.29 is 9.00 Å². The fraction of sp³-hybridized carbons (Fsp3) is 0.214. The molecule has 0 saturated carbocycles. The maximum atomic E-state index is 12.1. The van der Waals surface area contributed by atoms with E-state index in [0.29, 0.717) is 14.8 Å². The molecule has 1 aromatic heterocycles. The largest absolute Gasteiger partial charge is 0.292 e. The Morgan fingerprint density at radius 3 is 2.47 bits per heavy atom. The van der Waals surface area contributed by atoms with Crippen LogP contribution >= 0.6 is 22.9 Å². The first-order valence-corrected chi connectivity index (χ1v) is 8.37. The number of benzene rings is 1.